The van der Waals surface area contributed by atoms with Gasteiger partial charge in [-0.3, -0.25) is 9.69 Å². The molecule has 0 radical (unpaired) electrons. The second-order valence-electron chi connectivity index (χ2n) is 4.43. The van der Waals surface area contributed by atoms with Gasteiger partial charge in [0.05, 0.1) is 24.4 Å². The molecule has 0 aliphatic carbocycles. The third-order valence-corrected chi connectivity index (χ3v) is 2.87. The minimum Gasteiger partial charge on any atom is -0.383 e. The molecule has 0 saturated heterocycles. The molecule has 0 saturated carbocycles. The van der Waals surface area contributed by atoms with Gasteiger partial charge in [-0.2, -0.15) is 5.26 Å². The van der Waals surface area contributed by atoms with Gasteiger partial charge in [0.1, 0.15) is 6.07 Å². The molecule has 0 spiro atoms. The van der Waals surface area contributed by atoms with Crippen LogP contribution in [0.3, 0.4) is 0 Å². The Morgan fingerprint density at radius 3 is 2.84 bits per heavy atom. The van der Waals surface area contributed by atoms with E-state index in [1.165, 1.54) is 0 Å². The third kappa shape index (κ3) is 4.70. The number of likely N-dealkylation sites (N-methyl/N-ethyl adjacent to an activating group) is 1. The van der Waals surface area contributed by atoms with E-state index in [2.05, 4.69) is 5.32 Å². The number of nitrogens with zero attached hydrogens (tertiary/aromatic N) is 2. The number of carbonyl (C=O) groups is 1. The Morgan fingerprint density at radius 1 is 1.53 bits per heavy atom. The van der Waals surface area contributed by atoms with E-state index in [4.69, 9.17) is 10.00 Å². The lowest BCUT2D eigenvalue weighted by molar-refractivity contribution is -0.117. The number of ether oxygens (including phenoxy) is 1. The Bertz CT molecular complexity index is 468. The molecule has 5 nitrogen and oxygen atoms in total. The van der Waals surface area contributed by atoms with E-state index in [0.717, 1.165) is 0 Å². The molecular weight excluding hydrogens is 242 g/mol. The number of hydrogen-bond donors (Lipinski definition) is 1. The smallest absolute Gasteiger partial charge is 0.238 e. The van der Waals surface area contributed by atoms with Crippen LogP contribution >= 0.6 is 0 Å². The number of para-hydroxylation sites is 1. The molecule has 102 valence electrons. The maximum atomic E-state index is 11.9. The first-order chi connectivity index (χ1) is 9.08. The van der Waals surface area contributed by atoms with E-state index in [1.807, 2.05) is 24.9 Å². The van der Waals surface area contributed by atoms with Gasteiger partial charge in [-0.15, -0.1) is 0 Å². The molecule has 5 heteroatoms. The molecule has 1 amide bonds. The average Bonchev–Trinajstić information content (AvgIpc) is 2.39. The molecule has 0 bridgehead atoms. The second kappa shape index (κ2) is 7.52. The normalized spacial score (nSPS) is 11.9. The number of benzene rings is 1. The summed E-state index contributed by atoms with van der Waals surface area (Å²) in [5.41, 5.74) is 1.01. The molecule has 1 aromatic carbocycles. The Labute approximate surface area is 113 Å². The van der Waals surface area contributed by atoms with Gasteiger partial charge >= 0.3 is 0 Å². The minimum absolute atomic E-state index is 0.145. The summed E-state index contributed by atoms with van der Waals surface area (Å²) in [5.74, 6) is -0.145. The van der Waals surface area contributed by atoms with Crippen molar-refractivity contribution in [3.8, 4) is 6.07 Å². The van der Waals surface area contributed by atoms with Crippen LogP contribution in [-0.4, -0.2) is 44.2 Å². The van der Waals surface area contributed by atoms with Crippen molar-refractivity contribution in [3.05, 3.63) is 29.8 Å². The fourth-order valence-electron chi connectivity index (χ4n) is 1.63. The fraction of sp³-hybridized carbons (Fsp3) is 0.429. The Hall–Kier alpha value is -1.90. The SMILES string of the molecule is COCC(C)N(C)CC(=O)Nc1ccccc1C#N. The lowest BCUT2D eigenvalue weighted by Gasteiger charge is -2.23. The van der Waals surface area contributed by atoms with E-state index in [1.54, 1.807) is 31.4 Å². The average molecular weight is 261 g/mol. The van der Waals surface area contributed by atoms with Crippen molar-refractivity contribution in [2.75, 3.05) is 32.6 Å². The first-order valence-corrected chi connectivity index (χ1v) is 6.06. The number of carbonyl (C=O) groups excluding carboxylic acids is 1. The molecule has 1 unspecified atom stereocenters. The summed E-state index contributed by atoms with van der Waals surface area (Å²) in [5, 5.41) is 11.7. The number of nitrogens with one attached hydrogen (secondary N) is 1. The Kier molecular flexibility index (Phi) is 6.00. The highest BCUT2D eigenvalue weighted by Crippen LogP contribution is 2.13. The van der Waals surface area contributed by atoms with Crippen molar-refractivity contribution in [1.29, 1.82) is 5.26 Å². The summed E-state index contributed by atoms with van der Waals surface area (Å²) in [6.07, 6.45) is 0. The van der Waals surface area contributed by atoms with Crippen LogP contribution in [0.25, 0.3) is 0 Å². The summed E-state index contributed by atoms with van der Waals surface area (Å²) in [6.45, 7) is 2.81. The zero-order valence-electron chi connectivity index (χ0n) is 11.5. The van der Waals surface area contributed by atoms with Crippen molar-refractivity contribution in [2.24, 2.45) is 0 Å². The predicted octanol–water partition coefficient (Wildman–Crippen LogP) is 1.46. The van der Waals surface area contributed by atoms with Crippen LogP contribution in [0.2, 0.25) is 0 Å². The van der Waals surface area contributed by atoms with Gasteiger partial charge in [-0.05, 0) is 26.1 Å². The van der Waals surface area contributed by atoms with Crippen LogP contribution in [0.4, 0.5) is 5.69 Å². The van der Waals surface area contributed by atoms with E-state index in [-0.39, 0.29) is 18.5 Å². The van der Waals surface area contributed by atoms with Gasteiger partial charge in [0.2, 0.25) is 5.91 Å². The van der Waals surface area contributed by atoms with Crippen LogP contribution < -0.4 is 5.32 Å². The molecule has 19 heavy (non-hydrogen) atoms. The highest BCUT2D eigenvalue weighted by atomic mass is 16.5. The number of methoxy groups -OCH3 is 1. The maximum Gasteiger partial charge on any atom is 0.238 e. The first-order valence-electron chi connectivity index (χ1n) is 6.06. The molecule has 1 N–H and O–H groups in total. The summed E-state index contributed by atoms with van der Waals surface area (Å²) >= 11 is 0. The quantitative estimate of drug-likeness (QED) is 0.842. The summed E-state index contributed by atoms with van der Waals surface area (Å²) < 4.78 is 5.04. The second-order valence-corrected chi connectivity index (χ2v) is 4.43. The monoisotopic (exact) mass is 261 g/mol. The molecule has 0 aromatic heterocycles. The lowest BCUT2D eigenvalue weighted by atomic mass is 10.2. The number of rotatable bonds is 6. The molecule has 0 heterocycles. The fourth-order valence-corrected chi connectivity index (χ4v) is 1.63. The summed E-state index contributed by atoms with van der Waals surface area (Å²) in [4.78, 5) is 13.8. The number of amides is 1. The van der Waals surface area contributed by atoms with Crippen molar-refractivity contribution >= 4 is 11.6 Å². The molecular formula is C14H19N3O2. The van der Waals surface area contributed by atoms with Gasteiger partial charge in [-0.25, -0.2) is 0 Å². The molecule has 1 aromatic rings. The highest BCUT2D eigenvalue weighted by molar-refractivity contribution is 5.93. The van der Waals surface area contributed by atoms with E-state index in [0.29, 0.717) is 17.9 Å². The van der Waals surface area contributed by atoms with Crippen LogP contribution in [-0.2, 0) is 9.53 Å². The van der Waals surface area contributed by atoms with E-state index in [9.17, 15) is 4.79 Å². The van der Waals surface area contributed by atoms with Crippen molar-refractivity contribution in [3.63, 3.8) is 0 Å². The Morgan fingerprint density at radius 2 is 2.21 bits per heavy atom. The zero-order chi connectivity index (χ0) is 14.3. The molecule has 0 aliphatic heterocycles. The van der Waals surface area contributed by atoms with E-state index >= 15 is 0 Å². The number of hydrogen-bond acceptors (Lipinski definition) is 4. The minimum atomic E-state index is -0.145. The van der Waals surface area contributed by atoms with Crippen LogP contribution in [0, 0.1) is 11.3 Å². The van der Waals surface area contributed by atoms with Crippen molar-refractivity contribution in [1.82, 2.24) is 4.90 Å². The first kappa shape index (κ1) is 15.2. The van der Waals surface area contributed by atoms with Gasteiger partial charge in [0.15, 0.2) is 0 Å². The topological polar surface area (TPSA) is 65.4 Å². The molecule has 0 fully saturated rings. The molecule has 1 rings (SSSR count). The van der Waals surface area contributed by atoms with Crippen LogP contribution in [0.1, 0.15) is 12.5 Å². The largest absolute Gasteiger partial charge is 0.383 e. The summed E-state index contributed by atoms with van der Waals surface area (Å²) in [7, 11) is 3.49. The lowest BCUT2D eigenvalue weighted by Crippen LogP contribution is -2.38. The molecule has 1 atom stereocenters. The maximum absolute atomic E-state index is 11.9. The molecule has 0 aliphatic rings. The van der Waals surface area contributed by atoms with Gasteiger partial charge in [-0.1, -0.05) is 12.1 Å². The van der Waals surface area contributed by atoms with Crippen LogP contribution in [0.15, 0.2) is 24.3 Å². The third-order valence-electron chi connectivity index (χ3n) is 2.87. The van der Waals surface area contributed by atoms with Crippen molar-refractivity contribution < 1.29 is 9.53 Å². The zero-order valence-corrected chi connectivity index (χ0v) is 11.5. The van der Waals surface area contributed by atoms with E-state index < -0.39 is 0 Å². The van der Waals surface area contributed by atoms with Gasteiger partial charge < -0.3 is 10.1 Å². The number of anilines is 1. The van der Waals surface area contributed by atoms with Crippen LogP contribution in [0.5, 0.6) is 0 Å². The van der Waals surface area contributed by atoms with Gasteiger partial charge in [0.25, 0.3) is 0 Å². The number of nitriles is 1. The predicted molar refractivity (Wildman–Crippen MR) is 73.8 cm³/mol. The standard InChI is InChI=1S/C14H19N3O2/c1-11(10-19-3)17(2)9-14(18)16-13-7-5-4-6-12(13)8-15/h4-7,11H,9-10H2,1-3H3,(H,16,18). The Balaban J connectivity index is 2.58. The van der Waals surface area contributed by atoms with Crippen molar-refractivity contribution in [2.45, 2.75) is 13.0 Å². The highest BCUT2D eigenvalue weighted by Gasteiger charge is 2.13. The summed E-state index contributed by atoms with van der Waals surface area (Å²) in [6, 6.07) is 9.14. The van der Waals surface area contributed by atoms with Gasteiger partial charge in [0, 0.05) is 13.2 Å².